The summed E-state index contributed by atoms with van der Waals surface area (Å²) in [5.74, 6) is 0. The van der Waals surface area contributed by atoms with Crippen molar-refractivity contribution in [2.24, 2.45) is 0 Å². The molecule has 142 valence electrons. The molecule has 0 N–H and O–H groups in total. The number of nitrogens with zero attached hydrogens (tertiary/aromatic N) is 2. The first kappa shape index (κ1) is 20.6. The van der Waals surface area contributed by atoms with E-state index < -0.39 is 0 Å². The summed E-state index contributed by atoms with van der Waals surface area (Å²) >= 11 is 0. The minimum absolute atomic E-state index is 0. The van der Waals surface area contributed by atoms with Crippen LogP contribution in [0.4, 0.5) is 0 Å². The summed E-state index contributed by atoms with van der Waals surface area (Å²) in [6.45, 7) is 0. The summed E-state index contributed by atoms with van der Waals surface area (Å²) in [6, 6.07) is 40.0. The maximum Gasteiger partial charge on any atom is 2.00 e. The van der Waals surface area contributed by atoms with Gasteiger partial charge >= 0.3 is 21.1 Å². The molecule has 5 aromatic rings. The van der Waals surface area contributed by atoms with Gasteiger partial charge in [0.2, 0.25) is 0 Å². The molecule has 0 aliphatic heterocycles. The Balaban J connectivity index is 0.000000297. The first-order valence-electron chi connectivity index (χ1n) is 9.11. The molecule has 3 heteroatoms. The normalized spacial score (nSPS) is 9.79. The molecule has 2 nitrogen and oxygen atoms in total. The maximum absolute atomic E-state index is 4.85. The van der Waals surface area contributed by atoms with Crippen LogP contribution in [-0.2, 0) is 21.1 Å². The number of fused-ring (bicyclic) bond motifs is 1. The fraction of sp³-hybridized carbons (Fsp3) is 0. The molecule has 5 rings (SSSR count). The van der Waals surface area contributed by atoms with Crippen molar-refractivity contribution in [3.63, 3.8) is 0 Å². The second-order valence-corrected chi connectivity index (χ2v) is 6.15. The molecular formula is C26H18N2Pt. The van der Waals surface area contributed by atoms with Crippen LogP contribution in [0.2, 0.25) is 0 Å². The first-order chi connectivity index (χ1) is 13.9. The summed E-state index contributed by atoms with van der Waals surface area (Å²) in [5.41, 5.74) is 3.70. The molecule has 0 spiro atoms. The van der Waals surface area contributed by atoms with Crippen LogP contribution in [0, 0.1) is 12.1 Å². The Morgan fingerprint density at radius 3 is 2.07 bits per heavy atom. The van der Waals surface area contributed by atoms with E-state index in [-0.39, 0.29) is 21.1 Å². The Hall–Kier alpha value is -3.09. The van der Waals surface area contributed by atoms with Crippen molar-refractivity contribution >= 4 is 10.8 Å². The topological polar surface area (TPSA) is 25.8 Å². The molecule has 0 unspecified atom stereocenters. The van der Waals surface area contributed by atoms with Gasteiger partial charge in [0.25, 0.3) is 0 Å². The van der Waals surface area contributed by atoms with Crippen molar-refractivity contribution in [3.8, 4) is 22.6 Å². The third-order valence-electron chi connectivity index (χ3n) is 4.24. The summed E-state index contributed by atoms with van der Waals surface area (Å²) in [5, 5.41) is 2.29. The van der Waals surface area contributed by atoms with E-state index >= 15 is 0 Å². The molecule has 0 aliphatic carbocycles. The molecule has 0 aliphatic rings. The number of pyridine rings is 2. The third-order valence-corrected chi connectivity index (χ3v) is 4.24. The number of aromatic nitrogens is 2. The first-order valence-corrected chi connectivity index (χ1v) is 9.11. The predicted molar refractivity (Wildman–Crippen MR) is 115 cm³/mol. The van der Waals surface area contributed by atoms with Crippen LogP contribution in [0.5, 0.6) is 0 Å². The van der Waals surface area contributed by atoms with Gasteiger partial charge in [0.15, 0.2) is 0 Å². The van der Waals surface area contributed by atoms with Crippen molar-refractivity contribution < 1.29 is 21.1 Å². The van der Waals surface area contributed by atoms with E-state index in [1.165, 1.54) is 0 Å². The van der Waals surface area contributed by atoms with Crippen LogP contribution in [-0.4, -0.2) is 9.97 Å². The van der Waals surface area contributed by atoms with E-state index in [0.29, 0.717) is 0 Å². The van der Waals surface area contributed by atoms with Gasteiger partial charge in [-0.2, -0.15) is 36.4 Å². The van der Waals surface area contributed by atoms with Gasteiger partial charge < -0.3 is 0 Å². The smallest absolute Gasteiger partial charge is 0.294 e. The van der Waals surface area contributed by atoms with Crippen molar-refractivity contribution in [2.45, 2.75) is 0 Å². The van der Waals surface area contributed by atoms with E-state index in [1.807, 2.05) is 84.9 Å². The molecule has 0 fully saturated rings. The average Bonchev–Trinajstić information content (AvgIpc) is 2.81. The second-order valence-electron chi connectivity index (χ2n) is 6.15. The molecule has 0 radical (unpaired) electrons. The Kier molecular flexibility index (Phi) is 7.44. The van der Waals surface area contributed by atoms with Gasteiger partial charge in [0, 0.05) is 6.20 Å². The Morgan fingerprint density at radius 1 is 0.655 bits per heavy atom. The minimum atomic E-state index is 0. The quantitative estimate of drug-likeness (QED) is 0.242. The number of hydrogen-bond acceptors (Lipinski definition) is 2. The van der Waals surface area contributed by atoms with Gasteiger partial charge in [-0.25, -0.2) is 0 Å². The van der Waals surface area contributed by atoms with E-state index in [4.69, 9.17) is 4.98 Å². The Bertz CT molecular complexity index is 1120. The molecule has 0 saturated heterocycles. The standard InChI is InChI=1S/C20H13N2.C6H5.Pt/c1-2-8-15(9-3-1)20-17-11-5-4-10-16(17)14-19(22-20)18-12-6-7-13-21-18;1-2-4-6-5-3-1;/h1-8,10-14H;1-5H;/q2*-1;+2. The van der Waals surface area contributed by atoms with Gasteiger partial charge in [-0.05, 0) is 34.7 Å². The van der Waals surface area contributed by atoms with Gasteiger partial charge in [-0.3, -0.25) is 9.97 Å². The fourth-order valence-electron chi connectivity index (χ4n) is 2.93. The molecular weight excluding hydrogens is 535 g/mol. The average molecular weight is 554 g/mol. The van der Waals surface area contributed by atoms with Crippen molar-refractivity contribution in [1.82, 2.24) is 9.97 Å². The van der Waals surface area contributed by atoms with E-state index in [9.17, 15) is 0 Å². The molecule has 29 heavy (non-hydrogen) atoms. The minimum Gasteiger partial charge on any atom is -0.294 e. The van der Waals surface area contributed by atoms with Crippen LogP contribution >= 0.6 is 0 Å². The second kappa shape index (κ2) is 10.5. The largest absolute Gasteiger partial charge is 2.00 e. The van der Waals surface area contributed by atoms with Crippen LogP contribution in [0.15, 0.2) is 109 Å². The summed E-state index contributed by atoms with van der Waals surface area (Å²) in [6.07, 6.45) is 1.79. The maximum atomic E-state index is 4.85. The summed E-state index contributed by atoms with van der Waals surface area (Å²) in [4.78, 5) is 9.27. The molecule has 0 bridgehead atoms. The molecule has 0 atom stereocenters. The summed E-state index contributed by atoms with van der Waals surface area (Å²) < 4.78 is 0. The van der Waals surface area contributed by atoms with E-state index in [1.54, 1.807) is 6.20 Å². The monoisotopic (exact) mass is 553 g/mol. The summed E-state index contributed by atoms with van der Waals surface area (Å²) in [7, 11) is 0. The molecule has 2 aromatic heterocycles. The van der Waals surface area contributed by atoms with Crippen LogP contribution in [0.1, 0.15) is 0 Å². The number of hydrogen-bond donors (Lipinski definition) is 0. The fourth-order valence-corrected chi connectivity index (χ4v) is 2.93. The predicted octanol–water partition coefficient (Wildman–Crippen LogP) is 6.25. The molecule has 0 saturated carbocycles. The van der Waals surface area contributed by atoms with Gasteiger partial charge in [-0.1, -0.05) is 30.3 Å². The zero-order chi connectivity index (χ0) is 19.0. The van der Waals surface area contributed by atoms with Gasteiger partial charge in [-0.15, -0.1) is 35.9 Å². The zero-order valence-electron chi connectivity index (χ0n) is 15.6. The SMILES string of the molecule is [Pt+2].[c-]1ccccc1.[c-]1ccccc1-c1nc(-c2ccccn2)cc2ccccc12. The van der Waals surface area contributed by atoms with Crippen molar-refractivity contribution in [2.75, 3.05) is 0 Å². The van der Waals surface area contributed by atoms with Gasteiger partial charge in [0.05, 0.1) is 11.4 Å². The zero-order valence-corrected chi connectivity index (χ0v) is 17.9. The molecule has 3 aromatic carbocycles. The van der Waals surface area contributed by atoms with Crippen molar-refractivity contribution in [3.05, 3.63) is 121 Å². The van der Waals surface area contributed by atoms with Gasteiger partial charge in [0.1, 0.15) is 0 Å². The van der Waals surface area contributed by atoms with Crippen LogP contribution < -0.4 is 0 Å². The number of rotatable bonds is 2. The van der Waals surface area contributed by atoms with E-state index in [2.05, 4.69) is 35.3 Å². The van der Waals surface area contributed by atoms with Crippen LogP contribution in [0.3, 0.4) is 0 Å². The number of benzene rings is 3. The van der Waals surface area contributed by atoms with Crippen LogP contribution in [0.25, 0.3) is 33.4 Å². The van der Waals surface area contributed by atoms with E-state index in [0.717, 1.165) is 33.4 Å². The Morgan fingerprint density at radius 2 is 1.41 bits per heavy atom. The van der Waals surface area contributed by atoms with Crippen molar-refractivity contribution in [1.29, 1.82) is 0 Å². The Labute approximate surface area is 185 Å². The molecule has 0 amide bonds. The molecule has 2 heterocycles. The third kappa shape index (κ3) is 5.25.